The van der Waals surface area contributed by atoms with E-state index in [0.717, 1.165) is 11.0 Å². The van der Waals surface area contributed by atoms with E-state index in [1.54, 1.807) is 0 Å². The monoisotopic (exact) mass is 255 g/mol. The number of carboxylic acids is 1. The molecule has 0 unspecified atom stereocenters. The van der Waals surface area contributed by atoms with E-state index in [2.05, 4.69) is 4.74 Å². The minimum atomic E-state index is -1.24. The van der Waals surface area contributed by atoms with Crippen LogP contribution in [0, 0.1) is 0 Å². The molecule has 0 radical (unpaired) electrons. The lowest BCUT2D eigenvalue weighted by molar-refractivity contribution is -0.140. The lowest BCUT2D eigenvalue weighted by Gasteiger charge is -2.12. The molecule has 1 aliphatic heterocycles. The first-order chi connectivity index (χ1) is 8.50. The van der Waals surface area contributed by atoms with Gasteiger partial charge in [0.2, 0.25) is 11.8 Å². The van der Waals surface area contributed by atoms with E-state index in [1.165, 1.54) is 0 Å². The first-order valence-electron chi connectivity index (χ1n) is 5.41. The fraction of sp³-hybridized carbons (Fsp3) is 0.455. The summed E-state index contributed by atoms with van der Waals surface area (Å²) in [5.41, 5.74) is 0. The Bertz CT molecular complexity index is 384. The van der Waals surface area contributed by atoms with Crippen LogP contribution in [0.3, 0.4) is 0 Å². The van der Waals surface area contributed by atoms with Crippen LogP contribution in [0.25, 0.3) is 0 Å². The average Bonchev–Trinajstić information content (AvgIpc) is 2.63. The van der Waals surface area contributed by atoms with Crippen LogP contribution in [0.2, 0.25) is 0 Å². The number of carboxylic acid groups (broad SMARTS) is 1. The van der Waals surface area contributed by atoms with Crippen molar-refractivity contribution < 1.29 is 29.0 Å². The normalized spacial score (nSPS) is 15.4. The molecule has 7 heteroatoms. The molecular weight excluding hydrogens is 242 g/mol. The van der Waals surface area contributed by atoms with Gasteiger partial charge in [0, 0.05) is 31.5 Å². The zero-order valence-electron chi connectivity index (χ0n) is 9.63. The summed E-state index contributed by atoms with van der Waals surface area (Å²) in [6, 6.07) is 0. The molecule has 98 valence electrons. The number of aliphatic carboxylic acids is 1. The van der Waals surface area contributed by atoms with Crippen molar-refractivity contribution in [3.8, 4) is 0 Å². The van der Waals surface area contributed by atoms with Gasteiger partial charge in [-0.1, -0.05) is 0 Å². The Balaban J connectivity index is 2.19. The first kappa shape index (κ1) is 13.9. The summed E-state index contributed by atoms with van der Waals surface area (Å²) in [7, 11) is 0. The molecule has 0 bridgehead atoms. The maximum absolute atomic E-state index is 11.2. The number of hydrogen-bond acceptors (Lipinski definition) is 5. The number of esters is 1. The average molecular weight is 255 g/mol. The predicted molar refractivity (Wildman–Crippen MR) is 58.3 cm³/mol. The van der Waals surface area contributed by atoms with Gasteiger partial charge in [-0.3, -0.25) is 14.5 Å². The van der Waals surface area contributed by atoms with Crippen LogP contribution in [-0.4, -0.2) is 46.9 Å². The summed E-state index contributed by atoms with van der Waals surface area (Å²) in [5, 5.41) is 8.26. The predicted octanol–water partition coefficient (Wildman–Crippen LogP) is -0.290. The molecule has 1 saturated heterocycles. The van der Waals surface area contributed by atoms with Crippen molar-refractivity contribution >= 4 is 23.8 Å². The van der Waals surface area contributed by atoms with Crippen molar-refractivity contribution in [3.05, 3.63) is 12.2 Å². The van der Waals surface area contributed by atoms with Crippen LogP contribution in [0.15, 0.2) is 12.2 Å². The van der Waals surface area contributed by atoms with Crippen LogP contribution in [-0.2, 0) is 23.9 Å². The number of carbonyl (C=O) groups is 4. The number of amides is 2. The number of carbonyl (C=O) groups excluding carboxylic acids is 3. The molecule has 2 amide bonds. The Hall–Kier alpha value is -2.18. The largest absolute Gasteiger partial charge is 0.478 e. The molecule has 0 aromatic carbocycles. The molecule has 1 heterocycles. The molecule has 0 atom stereocenters. The molecule has 0 aliphatic carbocycles. The maximum Gasteiger partial charge on any atom is 0.331 e. The smallest absolute Gasteiger partial charge is 0.331 e. The van der Waals surface area contributed by atoms with E-state index in [9.17, 15) is 19.2 Å². The summed E-state index contributed by atoms with van der Waals surface area (Å²) in [6.07, 6.45) is 2.29. The van der Waals surface area contributed by atoms with Crippen molar-refractivity contribution in [1.82, 2.24) is 4.90 Å². The number of hydrogen-bond donors (Lipinski definition) is 1. The van der Waals surface area contributed by atoms with Gasteiger partial charge in [0.25, 0.3) is 0 Å². The molecule has 18 heavy (non-hydrogen) atoms. The Kier molecular flexibility index (Phi) is 5.04. The third-order valence-corrected chi connectivity index (χ3v) is 2.29. The Morgan fingerprint density at radius 2 is 1.83 bits per heavy atom. The number of rotatable bonds is 6. The number of likely N-dealkylation sites (tertiary alicyclic amines) is 1. The van der Waals surface area contributed by atoms with E-state index in [4.69, 9.17) is 5.11 Å². The molecule has 0 spiro atoms. The zero-order chi connectivity index (χ0) is 13.5. The van der Waals surface area contributed by atoms with Gasteiger partial charge in [-0.15, -0.1) is 0 Å². The lowest BCUT2D eigenvalue weighted by atomic mass is 10.4. The van der Waals surface area contributed by atoms with Gasteiger partial charge in [-0.05, 0) is 6.42 Å². The Morgan fingerprint density at radius 3 is 2.39 bits per heavy atom. The van der Waals surface area contributed by atoms with Crippen LogP contribution >= 0.6 is 0 Å². The standard InChI is InChI=1S/C11H13NO6/c13-8-2-3-9(14)12(8)6-1-7-18-11(17)5-4-10(15)16/h4-5H,1-3,6-7H2,(H,15,16). The zero-order valence-corrected chi connectivity index (χ0v) is 9.63. The van der Waals surface area contributed by atoms with Crippen LogP contribution < -0.4 is 0 Å². The molecule has 0 saturated carbocycles. The highest BCUT2D eigenvalue weighted by molar-refractivity contribution is 6.01. The van der Waals surface area contributed by atoms with Crippen molar-refractivity contribution in [2.75, 3.05) is 13.2 Å². The minimum Gasteiger partial charge on any atom is -0.478 e. The van der Waals surface area contributed by atoms with E-state index in [1.807, 2.05) is 0 Å². The van der Waals surface area contributed by atoms with E-state index in [-0.39, 0.29) is 37.8 Å². The number of nitrogens with zero attached hydrogens (tertiary/aromatic N) is 1. The molecule has 1 fully saturated rings. The van der Waals surface area contributed by atoms with Gasteiger partial charge in [-0.25, -0.2) is 9.59 Å². The third-order valence-electron chi connectivity index (χ3n) is 2.29. The van der Waals surface area contributed by atoms with E-state index >= 15 is 0 Å². The summed E-state index contributed by atoms with van der Waals surface area (Å²) in [4.78, 5) is 44.6. The number of imide groups is 1. The van der Waals surface area contributed by atoms with Gasteiger partial charge in [0.15, 0.2) is 0 Å². The summed E-state index contributed by atoms with van der Waals surface area (Å²) >= 11 is 0. The topological polar surface area (TPSA) is 101 Å². The lowest BCUT2D eigenvalue weighted by Crippen LogP contribution is -2.30. The van der Waals surface area contributed by atoms with Crippen LogP contribution in [0.1, 0.15) is 19.3 Å². The molecule has 1 N–H and O–H groups in total. The van der Waals surface area contributed by atoms with Crippen LogP contribution in [0.5, 0.6) is 0 Å². The van der Waals surface area contributed by atoms with Crippen molar-refractivity contribution in [1.29, 1.82) is 0 Å². The first-order valence-corrected chi connectivity index (χ1v) is 5.41. The van der Waals surface area contributed by atoms with Crippen LogP contribution in [0.4, 0.5) is 0 Å². The SMILES string of the molecule is O=C(O)C=CC(=O)OCCCN1C(=O)CCC1=O. The summed E-state index contributed by atoms with van der Waals surface area (Å²) < 4.78 is 4.68. The van der Waals surface area contributed by atoms with Gasteiger partial charge in [-0.2, -0.15) is 0 Å². The fourth-order valence-corrected chi connectivity index (χ4v) is 1.46. The highest BCUT2D eigenvalue weighted by atomic mass is 16.5. The second kappa shape index (κ2) is 6.53. The van der Waals surface area contributed by atoms with Gasteiger partial charge in [0.1, 0.15) is 0 Å². The second-order valence-corrected chi connectivity index (χ2v) is 3.63. The van der Waals surface area contributed by atoms with E-state index < -0.39 is 11.9 Å². The van der Waals surface area contributed by atoms with Crippen molar-refractivity contribution in [3.63, 3.8) is 0 Å². The minimum absolute atomic E-state index is 0.0276. The molecule has 0 aromatic rings. The van der Waals surface area contributed by atoms with Crippen molar-refractivity contribution in [2.24, 2.45) is 0 Å². The summed E-state index contributed by atoms with van der Waals surface area (Å²) in [5.74, 6) is -2.43. The van der Waals surface area contributed by atoms with Gasteiger partial charge in [0.05, 0.1) is 6.61 Å². The maximum atomic E-state index is 11.2. The molecular formula is C11H13NO6. The number of ether oxygens (including phenoxy) is 1. The van der Waals surface area contributed by atoms with Crippen molar-refractivity contribution in [2.45, 2.75) is 19.3 Å². The quantitative estimate of drug-likeness (QED) is 0.303. The second-order valence-electron chi connectivity index (χ2n) is 3.63. The molecule has 7 nitrogen and oxygen atoms in total. The third kappa shape index (κ3) is 4.36. The molecule has 0 aromatic heterocycles. The molecule has 1 aliphatic rings. The summed E-state index contributed by atoms with van der Waals surface area (Å²) in [6.45, 7) is 0.243. The van der Waals surface area contributed by atoms with Gasteiger partial charge < -0.3 is 9.84 Å². The van der Waals surface area contributed by atoms with Gasteiger partial charge >= 0.3 is 11.9 Å². The fourth-order valence-electron chi connectivity index (χ4n) is 1.46. The highest BCUT2D eigenvalue weighted by Crippen LogP contribution is 2.11. The Morgan fingerprint density at radius 1 is 1.22 bits per heavy atom. The molecule has 1 rings (SSSR count). The van der Waals surface area contributed by atoms with E-state index in [0.29, 0.717) is 12.5 Å². The Labute approximate surface area is 103 Å². The highest BCUT2D eigenvalue weighted by Gasteiger charge is 2.27.